The van der Waals surface area contributed by atoms with Gasteiger partial charge in [0.1, 0.15) is 6.26 Å². The van der Waals surface area contributed by atoms with Crippen molar-refractivity contribution >= 4 is 15.9 Å². The van der Waals surface area contributed by atoms with Gasteiger partial charge in [-0.2, -0.15) is 0 Å². The first-order chi connectivity index (χ1) is 7.16. The van der Waals surface area contributed by atoms with Crippen LogP contribution in [0.5, 0.6) is 0 Å². The molecule has 0 saturated carbocycles. The highest BCUT2D eigenvalue weighted by molar-refractivity contribution is 9.10. The Morgan fingerprint density at radius 2 is 2.13 bits per heavy atom. The molecular weight excluding hydrogens is 254 g/mol. The molecule has 2 nitrogen and oxygen atoms in total. The van der Waals surface area contributed by atoms with E-state index in [9.17, 15) is 0 Å². The molecule has 0 saturated heterocycles. The van der Waals surface area contributed by atoms with E-state index in [2.05, 4.69) is 34.8 Å². The van der Waals surface area contributed by atoms with E-state index in [1.54, 1.807) is 6.26 Å². The Balaban J connectivity index is 2.37. The highest BCUT2D eigenvalue weighted by Gasteiger charge is 2.08. The molecule has 15 heavy (non-hydrogen) atoms. The van der Waals surface area contributed by atoms with E-state index in [0.717, 1.165) is 15.7 Å². The average molecular weight is 266 g/mol. The molecule has 0 aliphatic heterocycles. The normalized spacial score (nSPS) is 10.9. The smallest absolute Gasteiger partial charge is 0.226 e. The monoisotopic (exact) mass is 265 g/mol. The molecule has 0 spiro atoms. The first kappa shape index (κ1) is 10.4. The van der Waals surface area contributed by atoms with Crippen LogP contribution in [0.2, 0.25) is 0 Å². The zero-order valence-corrected chi connectivity index (χ0v) is 10.3. The highest BCUT2D eigenvalue weighted by atomic mass is 79.9. The van der Waals surface area contributed by atoms with E-state index in [1.807, 2.05) is 24.3 Å². The summed E-state index contributed by atoms with van der Waals surface area (Å²) in [6, 6.07) is 7.94. The van der Waals surface area contributed by atoms with Crippen LogP contribution >= 0.6 is 15.9 Å². The minimum absolute atomic E-state index is 0.398. The molecule has 0 fully saturated rings. The molecule has 0 unspecified atom stereocenters. The van der Waals surface area contributed by atoms with Gasteiger partial charge in [-0.05, 0) is 24.1 Å². The topological polar surface area (TPSA) is 26.0 Å². The lowest BCUT2D eigenvalue weighted by molar-refractivity contribution is 0.571. The van der Waals surface area contributed by atoms with Crippen LogP contribution in [0, 0.1) is 0 Å². The zero-order valence-electron chi connectivity index (χ0n) is 8.70. The molecule has 1 aromatic carbocycles. The SMILES string of the molecule is CC(C)c1coc(-c2cccc(Br)c2)n1. The van der Waals surface area contributed by atoms with Crippen molar-refractivity contribution in [3.05, 3.63) is 40.7 Å². The Labute approximate surface area is 97.5 Å². The Hall–Kier alpha value is -1.09. The number of hydrogen-bond acceptors (Lipinski definition) is 2. The third-order valence-electron chi connectivity index (χ3n) is 2.19. The average Bonchev–Trinajstić information content (AvgIpc) is 2.66. The highest BCUT2D eigenvalue weighted by Crippen LogP contribution is 2.24. The molecule has 1 aromatic heterocycles. The van der Waals surface area contributed by atoms with Gasteiger partial charge >= 0.3 is 0 Å². The molecular formula is C12H12BrNO. The van der Waals surface area contributed by atoms with E-state index >= 15 is 0 Å². The third-order valence-corrected chi connectivity index (χ3v) is 2.68. The zero-order chi connectivity index (χ0) is 10.8. The van der Waals surface area contributed by atoms with Gasteiger partial charge in [-0.1, -0.05) is 35.8 Å². The van der Waals surface area contributed by atoms with Gasteiger partial charge in [0.15, 0.2) is 0 Å². The molecule has 0 atom stereocenters. The van der Waals surface area contributed by atoms with E-state index in [4.69, 9.17) is 4.42 Å². The maximum Gasteiger partial charge on any atom is 0.226 e. The van der Waals surface area contributed by atoms with Crippen LogP contribution in [-0.4, -0.2) is 4.98 Å². The van der Waals surface area contributed by atoms with Crippen molar-refractivity contribution in [2.24, 2.45) is 0 Å². The Morgan fingerprint density at radius 3 is 2.73 bits per heavy atom. The summed E-state index contributed by atoms with van der Waals surface area (Å²) in [5, 5.41) is 0. The van der Waals surface area contributed by atoms with Gasteiger partial charge in [0, 0.05) is 10.0 Å². The second kappa shape index (κ2) is 4.19. The summed E-state index contributed by atoms with van der Waals surface area (Å²) in [4.78, 5) is 4.43. The van der Waals surface area contributed by atoms with Crippen molar-refractivity contribution in [2.75, 3.05) is 0 Å². The summed E-state index contributed by atoms with van der Waals surface area (Å²) in [7, 11) is 0. The van der Waals surface area contributed by atoms with Gasteiger partial charge in [-0.25, -0.2) is 4.98 Å². The summed E-state index contributed by atoms with van der Waals surface area (Å²) in [5.74, 6) is 1.08. The van der Waals surface area contributed by atoms with Gasteiger partial charge in [0.2, 0.25) is 5.89 Å². The number of hydrogen-bond donors (Lipinski definition) is 0. The number of rotatable bonds is 2. The maximum absolute atomic E-state index is 5.44. The molecule has 0 aliphatic rings. The number of halogens is 1. The Morgan fingerprint density at radius 1 is 1.33 bits per heavy atom. The van der Waals surface area contributed by atoms with E-state index in [-0.39, 0.29) is 0 Å². The standard InChI is InChI=1S/C12H12BrNO/c1-8(2)11-7-15-12(14-11)9-4-3-5-10(13)6-9/h3-8H,1-2H3. The first-order valence-electron chi connectivity index (χ1n) is 4.88. The van der Waals surface area contributed by atoms with Gasteiger partial charge in [0.25, 0.3) is 0 Å². The second-order valence-corrected chi connectivity index (χ2v) is 4.66. The number of benzene rings is 1. The van der Waals surface area contributed by atoms with E-state index in [0.29, 0.717) is 11.8 Å². The van der Waals surface area contributed by atoms with Crippen LogP contribution in [0.25, 0.3) is 11.5 Å². The summed E-state index contributed by atoms with van der Waals surface area (Å²) < 4.78 is 6.47. The molecule has 3 heteroatoms. The van der Waals surface area contributed by atoms with Crippen LogP contribution in [0.15, 0.2) is 39.4 Å². The predicted octanol–water partition coefficient (Wildman–Crippen LogP) is 4.23. The lowest BCUT2D eigenvalue weighted by Gasteiger charge is -1.96. The van der Waals surface area contributed by atoms with Crippen molar-refractivity contribution in [1.29, 1.82) is 0 Å². The van der Waals surface area contributed by atoms with Crippen molar-refractivity contribution in [1.82, 2.24) is 4.98 Å². The maximum atomic E-state index is 5.44. The third kappa shape index (κ3) is 2.29. The largest absolute Gasteiger partial charge is 0.444 e. The fourth-order valence-electron chi connectivity index (χ4n) is 1.31. The van der Waals surface area contributed by atoms with Gasteiger partial charge < -0.3 is 4.42 Å². The quantitative estimate of drug-likeness (QED) is 0.813. The van der Waals surface area contributed by atoms with Gasteiger partial charge in [0.05, 0.1) is 5.69 Å². The van der Waals surface area contributed by atoms with Crippen molar-refractivity contribution in [3.63, 3.8) is 0 Å². The number of aromatic nitrogens is 1. The number of nitrogens with zero attached hydrogens (tertiary/aromatic N) is 1. The molecule has 0 aliphatic carbocycles. The Kier molecular flexibility index (Phi) is 2.91. The number of oxazole rings is 1. The van der Waals surface area contributed by atoms with Crippen LogP contribution in [0.4, 0.5) is 0 Å². The molecule has 1 heterocycles. The summed E-state index contributed by atoms with van der Waals surface area (Å²) >= 11 is 3.43. The van der Waals surface area contributed by atoms with Gasteiger partial charge in [-0.3, -0.25) is 0 Å². The molecule has 78 valence electrons. The molecule has 0 amide bonds. The molecule has 2 aromatic rings. The summed E-state index contributed by atoms with van der Waals surface area (Å²) in [6.07, 6.45) is 1.72. The lowest BCUT2D eigenvalue weighted by atomic mass is 10.1. The second-order valence-electron chi connectivity index (χ2n) is 3.74. The predicted molar refractivity (Wildman–Crippen MR) is 63.7 cm³/mol. The lowest BCUT2D eigenvalue weighted by Crippen LogP contribution is -1.86. The first-order valence-corrected chi connectivity index (χ1v) is 5.67. The minimum Gasteiger partial charge on any atom is -0.444 e. The summed E-state index contributed by atoms with van der Waals surface area (Å²) in [5.41, 5.74) is 1.99. The minimum atomic E-state index is 0.398. The van der Waals surface area contributed by atoms with E-state index in [1.165, 1.54) is 0 Å². The summed E-state index contributed by atoms with van der Waals surface area (Å²) in [6.45, 7) is 4.20. The van der Waals surface area contributed by atoms with E-state index < -0.39 is 0 Å². The van der Waals surface area contributed by atoms with Gasteiger partial charge in [-0.15, -0.1) is 0 Å². The van der Waals surface area contributed by atoms with Crippen LogP contribution in [0.1, 0.15) is 25.5 Å². The molecule has 2 rings (SSSR count). The Bertz CT molecular complexity index is 462. The fraction of sp³-hybridized carbons (Fsp3) is 0.250. The van der Waals surface area contributed by atoms with Crippen molar-refractivity contribution < 1.29 is 4.42 Å². The fourth-order valence-corrected chi connectivity index (χ4v) is 1.70. The van der Waals surface area contributed by atoms with Crippen molar-refractivity contribution in [2.45, 2.75) is 19.8 Å². The van der Waals surface area contributed by atoms with Crippen LogP contribution in [-0.2, 0) is 0 Å². The van der Waals surface area contributed by atoms with Crippen molar-refractivity contribution in [3.8, 4) is 11.5 Å². The molecule has 0 bridgehead atoms. The van der Waals surface area contributed by atoms with Crippen LogP contribution < -0.4 is 0 Å². The molecule has 0 N–H and O–H groups in total. The van der Waals surface area contributed by atoms with Crippen LogP contribution in [0.3, 0.4) is 0 Å². The molecule has 0 radical (unpaired) electrons.